The van der Waals surface area contributed by atoms with Gasteiger partial charge in [-0.1, -0.05) is 12.1 Å². The molecule has 0 aliphatic carbocycles. The van der Waals surface area contributed by atoms with Crippen molar-refractivity contribution >= 4 is 18.5 Å². The molecule has 1 aromatic rings. The molecule has 8 heteroatoms. The number of β-amino-alcohol motifs (C(OH)–C–C–N with tert-alkyl or cyclic N) is 1. The van der Waals surface area contributed by atoms with E-state index in [0.29, 0.717) is 25.4 Å². The number of rotatable bonds is 3. The lowest BCUT2D eigenvalue weighted by atomic mass is 9.91. The minimum Gasteiger partial charge on any atom is -0.486 e. The van der Waals surface area contributed by atoms with Gasteiger partial charge < -0.3 is 29.1 Å². The number of hydrogen-bond donors (Lipinski definition) is 1. The molecule has 4 rings (SSSR count). The van der Waals surface area contributed by atoms with E-state index in [0.717, 1.165) is 31.7 Å². The van der Waals surface area contributed by atoms with Crippen LogP contribution in [-0.2, 0) is 4.74 Å². The molecule has 1 spiro atoms. The number of aliphatic hydroxyl groups is 1. The van der Waals surface area contributed by atoms with Crippen molar-refractivity contribution in [2.45, 2.75) is 30.7 Å². The zero-order valence-electron chi connectivity index (χ0n) is 14.8. The number of fused-ring (bicyclic) bond motifs is 1. The van der Waals surface area contributed by atoms with Gasteiger partial charge in [0.1, 0.15) is 18.3 Å². The fraction of sp³-hybridized carbons (Fsp3) is 0.611. The standard InChI is InChI=1S/C18H24N2O5.ClH/c1-19-12-18(25-17(19)22)6-8-20(9-7-18)10-13(21)16-11-23-14-4-2-3-5-15(14)24-16;/h2-5,13,16,21H,6-12H2,1H3;1H. The fourth-order valence-corrected chi connectivity index (χ4v) is 3.80. The predicted octanol–water partition coefficient (Wildman–Crippen LogP) is 1.53. The molecule has 1 amide bonds. The first-order chi connectivity index (χ1) is 12.0. The first kappa shape index (κ1) is 19.1. The highest BCUT2D eigenvalue weighted by molar-refractivity contribution is 5.85. The third-order valence-corrected chi connectivity index (χ3v) is 5.31. The number of piperidine rings is 1. The van der Waals surface area contributed by atoms with E-state index in [4.69, 9.17) is 14.2 Å². The monoisotopic (exact) mass is 384 g/mol. The molecule has 26 heavy (non-hydrogen) atoms. The number of hydrogen-bond acceptors (Lipinski definition) is 6. The third kappa shape index (κ3) is 3.70. The number of nitrogens with zero attached hydrogens (tertiary/aromatic N) is 2. The molecule has 0 bridgehead atoms. The summed E-state index contributed by atoms with van der Waals surface area (Å²) in [5.74, 6) is 1.40. The van der Waals surface area contributed by atoms with Crippen molar-refractivity contribution in [1.82, 2.24) is 9.80 Å². The second kappa shape index (κ2) is 7.50. The highest BCUT2D eigenvalue weighted by atomic mass is 35.5. The van der Waals surface area contributed by atoms with Gasteiger partial charge in [0.2, 0.25) is 0 Å². The first-order valence-corrected chi connectivity index (χ1v) is 8.78. The summed E-state index contributed by atoms with van der Waals surface area (Å²) >= 11 is 0. The lowest BCUT2D eigenvalue weighted by Crippen LogP contribution is -2.51. The van der Waals surface area contributed by atoms with Gasteiger partial charge in [0.05, 0.1) is 6.54 Å². The Kier molecular flexibility index (Phi) is 5.50. The zero-order valence-corrected chi connectivity index (χ0v) is 15.6. The van der Waals surface area contributed by atoms with Crippen LogP contribution in [0.4, 0.5) is 4.79 Å². The average molecular weight is 385 g/mol. The van der Waals surface area contributed by atoms with Crippen LogP contribution in [0.5, 0.6) is 11.5 Å². The minimum absolute atomic E-state index is 0. The van der Waals surface area contributed by atoms with Gasteiger partial charge in [-0.15, -0.1) is 12.4 Å². The van der Waals surface area contributed by atoms with Crippen molar-refractivity contribution in [2.75, 3.05) is 39.8 Å². The lowest BCUT2D eigenvalue weighted by Gasteiger charge is -2.39. The van der Waals surface area contributed by atoms with E-state index in [1.807, 2.05) is 24.3 Å². The molecule has 3 aliphatic rings. The summed E-state index contributed by atoms with van der Waals surface area (Å²) in [6.07, 6.45) is 0.346. The van der Waals surface area contributed by atoms with Crippen LogP contribution in [0.25, 0.3) is 0 Å². The molecule has 1 aromatic carbocycles. The van der Waals surface area contributed by atoms with Gasteiger partial charge in [0.15, 0.2) is 17.6 Å². The van der Waals surface area contributed by atoms with Crippen LogP contribution >= 0.6 is 12.4 Å². The number of para-hydroxylation sites is 2. The molecule has 3 aliphatic heterocycles. The van der Waals surface area contributed by atoms with E-state index in [-0.39, 0.29) is 30.2 Å². The van der Waals surface area contributed by atoms with E-state index in [1.54, 1.807) is 11.9 Å². The maximum atomic E-state index is 11.6. The molecule has 0 saturated carbocycles. The predicted molar refractivity (Wildman–Crippen MR) is 97.1 cm³/mol. The number of carbonyl (C=O) groups excluding carboxylic acids is 1. The molecule has 2 fully saturated rings. The van der Waals surface area contributed by atoms with Crippen molar-refractivity contribution in [3.05, 3.63) is 24.3 Å². The Labute approximate surface area is 159 Å². The molecule has 3 heterocycles. The molecule has 0 aromatic heterocycles. The Morgan fingerprint density at radius 1 is 1.27 bits per heavy atom. The Balaban J connectivity index is 0.00000196. The Bertz CT molecular complexity index is 650. The molecular formula is C18H25ClN2O5. The summed E-state index contributed by atoms with van der Waals surface area (Å²) in [6.45, 7) is 3.11. The van der Waals surface area contributed by atoms with Crippen LogP contribution in [0.15, 0.2) is 24.3 Å². The van der Waals surface area contributed by atoms with Gasteiger partial charge in [-0.3, -0.25) is 0 Å². The summed E-state index contributed by atoms with van der Waals surface area (Å²) in [6, 6.07) is 7.50. The second-order valence-electron chi connectivity index (χ2n) is 7.19. The molecule has 0 radical (unpaired) electrons. The van der Waals surface area contributed by atoms with Crippen LogP contribution in [0.2, 0.25) is 0 Å². The quantitative estimate of drug-likeness (QED) is 0.852. The van der Waals surface area contributed by atoms with Crippen LogP contribution in [0.1, 0.15) is 12.8 Å². The number of ether oxygens (including phenoxy) is 3. The van der Waals surface area contributed by atoms with Crippen molar-refractivity contribution in [3.63, 3.8) is 0 Å². The zero-order chi connectivity index (χ0) is 17.4. The van der Waals surface area contributed by atoms with E-state index in [9.17, 15) is 9.90 Å². The van der Waals surface area contributed by atoms with Crippen molar-refractivity contribution in [3.8, 4) is 11.5 Å². The van der Waals surface area contributed by atoms with Gasteiger partial charge in [-0.05, 0) is 12.1 Å². The highest BCUT2D eigenvalue weighted by Gasteiger charge is 2.46. The molecule has 2 unspecified atom stereocenters. The van der Waals surface area contributed by atoms with E-state index < -0.39 is 6.10 Å². The summed E-state index contributed by atoms with van der Waals surface area (Å²) in [5, 5.41) is 10.6. The summed E-state index contributed by atoms with van der Waals surface area (Å²) < 4.78 is 17.1. The lowest BCUT2D eigenvalue weighted by molar-refractivity contribution is -0.0451. The largest absolute Gasteiger partial charge is 0.486 e. The van der Waals surface area contributed by atoms with E-state index in [2.05, 4.69) is 4.90 Å². The molecule has 2 saturated heterocycles. The van der Waals surface area contributed by atoms with Gasteiger partial charge in [-0.25, -0.2) is 4.79 Å². The van der Waals surface area contributed by atoms with Gasteiger partial charge in [-0.2, -0.15) is 0 Å². The molecule has 7 nitrogen and oxygen atoms in total. The minimum atomic E-state index is -0.629. The van der Waals surface area contributed by atoms with E-state index in [1.165, 1.54) is 0 Å². The molecular weight excluding hydrogens is 360 g/mol. The number of carbonyl (C=O) groups is 1. The summed E-state index contributed by atoms with van der Waals surface area (Å²) in [5.41, 5.74) is -0.351. The summed E-state index contributed by atoms with van der Waals surface area (Å²) in [7, 11) is 1.77. The van der Waals surface area contributed by atoms with Crippen LogP contribution < -0.4 is 9.47 Å². The molecule has 1 N–H and O–H groups in total. The van der Waals surface area contributed by atoms with Gasteiger partial charge >= 0.3 is 6.09 Å². The van der Waals surface area contributed by atoms with Gasteiger partial charge in [0, 0.05) is 39.5 Å². The topological polar surface area (TPSA) is 71.5 Å². The number of likely N-dealkylation sites (N-methyl/N-ethyl adjacent to an activating group) is 1. The Hall–Kier alpha value is -1.70. The van der Waals surface area contributed by atoms with Crippen molar-refractivity contribution in [2.24, 2.45) is 0 Å². The van der Waals surface area contributed by atoms with Crippen LogP contribution in [0, 0.1) is 0 Å². The average Bonchev–Trinajstić information content (AvgIpc) is 2.90. The smallest absolute Gasteiger partial charge is 0.410 e. The number of benzene rings is 1. The third-order valence-electron chi connectivity index (χ3n) is 5.31. The number of aliphatic hydroxyl groups excluding tert-OH is 1. The highest BCUT2D eigenvalue weighted by Crippen LogP contribution is 2.34. The van der Waals surface area contributed by atoms with Crippen LogP contribution in [-0.4, -0.2) is 78.6 Å². The maximum Gasteiger partial charge on any atom is 0.410 e. The number of amides is 1. The van der Waals surface area contributed by atoms with Crippen molar-refractivity contribution in [1.29, 1.82) is 0 Å². The number of likely N-dealkylation sites (tertiary alicyclic amines) is 1. The second-order valence-corrected chi connectivity index (χ2v) is 7.19. The summed E-state index contributed by atoms with van der Waals surface area (Å²) in [4.78, 5) is 15.5. The molecule has 2 atom stereocenters. The Morgan fingerprint density at radius 3 is 2.62 bits per heavy atom. The molecule has 144 valence electrons. The Morgan fingerprint density at radius 2 is 1.96 bits per heavy atom. The van der Waals surface area contributed by atoms with Crippen molar-refractivity contribution < 1.29 is 24.1 Å². The first-order valence-electron chi connectivity index (χ1n) is 8.78. The maximum absolute atomic E-state index is 11.6. The van der Waals surface area contributed by atoms with E-state index >= 15 is 0 Å². The normalized spacial score (nSPS) is 25.5. The fourth-order valence-electron chi connectivity index (χ4n) is 3.80. The SMILES string of the molecule is CN1CC2(CCN(CC(O)C3COc4ccccc4O3)CC2)OC1=O.Cl. The van der Waals surface area contributed by atoms with Crippen LogP contribution in [0.3, 0.4) is 0 Å². The number of halogens is 1. The van der Waals surface area contributed by atoms with Gasteiger partial charge in [0.25, 0.3) is 0 Å².